The number of para-hydroxylation sites is 1. The molecule has 0 aromatic heterocycles. The van der Waals surface area contributed by atoms with E-state index < -0.39 is 11.7 Å². The van der Waals surface area contributed by atoms with Crippen LogP contribution in [0.25, 0.3) is 0 Å². The highest BCUT2D eigenvalue weighted by atomic mass is 19.4. The molecule has 0 spiro atoms. The van der Waals surface area contributed by atoms with Crippen LogP contribution >= 0.6 is 0 Å². The Labute approximate surface area is 198 Å². The highest BCUT2D eigenvalue weighted by Crippen LogP contribution is 2.47. The summed E-state index contributed by atoms with van der Waals surface area (Å²) in [7, 11) is 0. The lowest BCUT2D eigenvalue weighted by atomic mass is 9.84. The molecule has 5 nitrogen and oxygen atoms in total. The minimum Gasteiger partial charge on any atom is -0.466 e. The largest absolute Gasteiger partial charge is 0.466 e. The van der Waals surface area contributed by atoms with Gasteiger partial charge in [-0.05, 0) is 50.1 Å². The van der Waals surface area contributed by atoms with Gasteiger partial charge in [0, 0.05) is 56.7 Å². The molecule has 1 fully saturated rings. The number of alkyl halides is 3. The minimum atomic E-state index is -4.38. The average molecular weight is 477 g/mol. The first-order chi connectivity index (χ1) is 16.3. The summed E-state index contributed by atoms with van der Waals surface area (Å²) in [5.74, 6) is 0.875. The second-order valence-electron chi connectivity index (χ2n) is 8.96. The number of piperazine rings is 1. The number of hydrogen-bond acceptors (Lipinski definition) is 5. The predicted octanol–water partition coefficient (Wildman–Crippen LogP) is 5.29. The summed E-state index contributed by atoms with van der Waals surface area (Å²) < 4.78 is 51.0. The van der Waals surface area contributed by atoms with E-state index in [-0.39, 0.29) is 11.9 Å². The smallest absolute Gasteiger partial charge is 0.416 e. The summed E-state index contributed by atoms with van der Waals surface area (Å²) in [6.45, 7) is 7.58. The molecule has 34 heavy (non-hydrogen) atoms. The van der Waals surface area contributed by atoms with E-state index in [0.29, 0.717) is 17.9 Å². The van der Waals surface area contributed by atoms with Crippen molar-refractivity contribution < 1.29 is 27.4 Å². The second kappa shape index (κ2) is 10.8. The highest BCUT2D eigenvalue weighted by Gasteiger charge is 2.34. The summed E-state index contributed by atoms with van der Waals surface area (Å²) in [6.07, 6.45) is -1.89. The molecule has 1 saturated heterocycles. The van der Waals surface area contributed by atoms with Crippen molar-refractivity contribution in [2.45, 2.75) is 38.3 Å². The summed E-state index contributed by atoms with van der Waals surface area (Å²) in [5, 5.41) is 0. The topological polar surface area (TPSA) is 42.0 Å². The van der Waals surface area contributed by atoms with Crippen molar-refractivity contribution in [1.29, 1.82) is 0 Å². The highest BCUT2D eigenvalue weighted by molar-refractivity contribution is 5.65. The van der Waals surface area contributed by atoms with E-state index in [9.17, 15) is 18.0 Å². The average Bonchev–Trinajstić information content (AvgIpc) is 2.81. The quantitative estimate of drug-likeness (QED) is 0.382. The molecule has 2 heterocycles. The standard InChI is InChI=1S/C26H31F3N2O3/c1-19(32)33-17-5-12-31-15-13-30(14-16-31)11-4-7-21-22-6-2-3-8-24(22)34-25-10-9-20(18-23(21)25)26(27,28)29/h2-3,6,8-10,18,21H,4-5,7,11-17H2,1H3. The zero-order valence-electron chi connectivity index (χ0n) is 19.4. The number of esters is 1. The Hall–Kier alpha value is -2.58. The number of benzene rings is 2. The summed E-state index contributed by atoms with van der Waals surface area (Å²) >= 11 is 0. The Morgan fingerprint density at radius 3 is 2.29 bits per heavy atom. The van der Waals surface area contributed by atoms with Crippen molar-refractivity contribution in [1.82, 2.24) is 9.80 Å². The van der Waals surface area contributed by atoms with Crippen LogP contribution in [0.15, 0.2) is 42.5 Å². The van der Waals surface area contributed by atoms with Gasteiger partial charge >= 0.3 is 12.1 Å². The first-order valence-electron chi connectivity index (χ1n) is 11.9. The van der Waals surface area contributed by atoms with Crippen molar-refractivity contribution in [2.75, 3.05) is 45.9 Å². The minimum absolute atomic E-state index is 0.121. The van der Waals surface area contributed by atoms with E-state index in [4.69, 9.17) is 9.47 Å². The molecular formula is C26H31F3N2O3. The third-order valence-corrected chi connectivity index (χ3v) is 6.58. The van der Waals surface area contributed by atoms with E-state index in [0.717, 1.165) is 75.9 Å². The van der Waals surface area contributed by atoms with Crippen molar-refractivity contribution in [2.24, 2.45) is 0 Å². The molecule has 8 heteroatoms. The molecule has 2 aromatic carbocycles. The van der Waals surface area contributed by atoms with Crippen LogP contribution in [0.5, 0.6) is 11.5 Å². The molecule has 0 saturated carbocycles. The van der Waals surface area contributed by atoms with Gasteiger partial charge < -0.3 is 19.3 Å². The molecule has 2 aliphatic rings. The van der Waals surface area contributed by atoms with E-state index in [1.165, 1.54) is 19.1 Å². The first-order valence-corrected chi connectivity index (χ1v) is 11.9. The van der Waals surface area contributed by atoms with Crippen LogP contribution in [0.3, 0.4) is 0 Å². The van der Waals surface area contributed by atoms with E-state index >= 15 is 0 Å². The molecule has 0 amide bonds. The van der Waals surface area contributed by atoms with E-state index in [1.807, 2.05) is 24.3 Å². The maximum absolute atomic E-state index is 13.4. The van der Waals surface area contributed by atoms with Crippen LogP contribution < -0.4 is 4.74 Å². The third kappa shape index (κ3) is 6.10. The molecule has 0 bridgehead atoms. The zero-order chi connectivity index (χ0) is 24.1. The lowest BCUT2D eigenvalue weighted by Gasteiger charge is -2.35. The number of fused-ring (bicyclic) bond motifs is 2. The van der Waals surface area contributed by atoms with Crippen LogP contribution in [0.4, 0.5) is 13.2 Å². The van der Waals surface area contributed by atoms with Gasteiger partial charge in [0.25, 0.3) is 0 Å². The predicted molar refractivity (Wildman–Crippen MR) is 123 cm³/mol. The van der Waals surface area contributed by atoms with Gasteiger partial charge in [-0.3, -0.25) is 4.79 Å². The maximum Gasteiger partial charge on any atom is 0.416 e. The molecule has 0 aliphatic carbocycles. The fourth-order valence-electron chi connectivity index (χ4n) is 4.81. The fraction of sp³-hybridized carbons (Fsp3) is 0.500. The molecule has 0 N–H and O–H groups in total. The number of carbonyl (C=O) groups is 1. The van der Waals surface area contributed by atoms with Crippen molar-refractivity contribution in [3.63, 3.8) is 0 Å². The Morgan fingerprint density at radius 1 is 0.971 bits per heavy atom. The van der Waals surface area contributed by atoms with Crippen LogP contribution in [-0.2, 0) is 15.7 Å². The first kappa shape index (κ1) is 24.5. The molecular weight excluding hydrogens is 445 g/mol. The van der Waals surface area contributed by atoms with E-state index in [1.54, 1.807) is 0 Å². The molecule has 2 aliphatic heterocycles. The number of carbonyl (C=O) groups excluding carboxylic acids is 1. The number of halogens is 3. The fourth-order valence-corrected chi connectivity index (χ4v) is 4.81. The van der Waals surface area contributed by atoms with E-state index in [2.05, 4.69) is 9.80 Å². The number of hydrogen-bond donors (Lipinski definition) is 0. The van der Waals surface area contributed by atoms with Gasteiger partial charge in [-0.15, -0.1) is 0 Å². The van der Waals surface area contributed by atoms with Crippen LogP contribution in [-0.4, -0.2) is 61.6 Å². The van der Waals surface area contributed by atoms with Gasteiger partial charge in [-0.2, -0.15) is 13.2 Å². The van der Waals surface area contributed by atoms with Crippen LogP contribution in [0.1, 0.15) is 48.8 Å². The second-order valence-corrected chi connectivity index (χ2v) is 8.96. The van der Waals surface area contributed by atoms with Gasteiger partial charge in [0.2, 0.25) is 0 Å². The van der Waals surface area contributed by atoms with Gasteiger partial charge in [0.1, 0.15) is 11.5 Å². The van der Waals surface area contributed by atoms with Crippen molar-refractivity contribution in [3.8, 4) is 11.5 Å². The molecule has 4 rings (SSSR count). The number of rotatable bonds is 8. The maximum atomic E-state index is 13.4. The van der Waals surface area contributed by atoms with Gasteiger partial charge in [0.15, 0.2) is 0 Å². The third-order valence-electron chi connectivity index (χ3n) is 6.58. The Balaban J connectivity index is 1.33. The number of nitrogens with zero attached hydrogens (tertiary/aromatic N) is 2. The summed E-state index contributed by atoms with van der Waals surface area (Å²) in [6, 6.07) is 11.4. The summed E-state index contributed by atoms with van der Waals surface area (Å²) in [4.78, 5) is 15.6. The summed E-state index contributed by atoms with van der Waals surface area (Å²) in [5.41, 5.74) is 0.933. The Kier molecular flexibility index (Phi) is 7.78. The van der Waals surface area contributed by atoms with Crippen molar-refractivity contribution >= 4 is 5.97 Å². The lowest BCUT2D eigenvalue weighted by molar-refractivity contribution is -0.141. The molecule has 184 valence electrons. The Bertz CT molecular complexity index is 987. The molecule has 2 aromatic rings. The normalized spacial score (nSPS) is 18.6. The SMILES string of the molecule is CC(=O)OCCCN1CCN(CCCC2c3ccccc3Oc3ccc(C(F)(F)F)cc32)CC1. The van der Waals surface area contributed by atoms with Crippen LogP contribution in [0, 0.1) is 0 Å². The Morgan fingerprint density at radius 2 is 1.62 bits per heavy atom. The zero-order valence-corrected chi connectivity index (χ0v) is 19.4. The van der Waals surface area contributed by atoms with Gasteiger partial charge in [-0.1, -0.05) is 18.2 Å². The van der Waals surface area contributed by atoms with Crippen LogP contribution in [0.2, 0.25) is 0 Å². The van der Waals surface area contributed by atoms with Crippen molar-refractivity contribution in [3.05, 3.63) is 59.2 Å². The molecule has 1 atom stereocenters. The monoisotopic (exact) mass is 476 g/mol. The van der Waals surface area contributed by atoms with Gasteiger partial charge in [0.05, 0.1) is 12.2 Å². The molecule has 1 unspecified atom stereocenters. The lowest BCUT2D eigenvalue weighted by Crippen LogP contribution is -2.46. The van der Waals surface area contributed by atoms with Gasteiger partial charge in [-0.25, -0.2) is 0 Å². The molecule has 0 radical (unpaired) electrons. The number of ether oxygens (including phenoxy) is 2.